The molecule has 0 aliphatic heterocycles. The van der Waals surface area contributed by atoms with Crippen molar-refractivity contribution in [3.63, 3.8) is 0 Å². The third-order valence-electron chi connectivity index (χ3n) is 3.77. The van der Waals surface area contributed by atoms with Gasteiger partial charge in [0.05, 0.1) is 5.25 Å². The lowest BCUT2D eigenvalue weighted by molar-refractivity contribution is 0.375. The predicted octanol–water partition coefficient (Wildman–Crippen LogP) is 2.66. The van der Waals surface area contributed by atoms with Crippen LogP contribution in [-0.4, -0.2) is 26.3 Å². The van der Waals surface area contributed by atoms with Gasteiger partial charge in [-0.05, 0) is 37.6 Å². The fourth-order valence-corrected chi connectivity index (χ4v) is 4.91. The van der Waals surface area contributed by atoms with Crippen LogP contribution in [0.25, 0.3) is 0 Å². The van der Waals surface area contributed by atoms with Gasteiger partial charge in [0.15, 0.2) is 9.84 Å². The van der Waals surface area contributed by atoms with Crippen molar-refractivity contribution >= 4 is 9.84 Å². The molecule has 0 amide bonds. The third-order valence-corrected chi connectivity index (χ3v) is 6.05. The van der Waals surface area contributed by atoms with Crippen molar-refractivity contribution in [3.8, 4) is 0 Å². The van der Waals surface area contributed by atoms with E-state index in [-0.39, 0.29) is 6.04 Å². The Kier molecular flexibility index (Phi) is 4.75. The van der Waals surface area contributed by atoms with Gasteiger partial charge in [-0.1, -0.05) is 19.8 Å². The molecule has 1 aromatic carbocycles. The molecule has 20 heavy (non-hydrogen) atoms. The molecule has 2 rings (SSSR count). The standard InChI is InChI=1S/C14H19F2NO2S/c1-2-17-12-5-3-4-6-13(12)20(18,19)14-9-10(15)7-8-11(14)16/h7-9,12-13,17H,2-6H2,1H3. The first-order valence-electron chi connectivity index (χ1n) is 6.89. The third kappa shape index (κ3) is 3.01. The highest BCUT2D eigenvalue weighted by Gasteiger charge is 2.37. The summed E-state index contributed by atoms with van der Waals surface area (Å²) in [7, 11) is -3.86. The van der Waals surface area contributed by atoms with Gasteiger partial charge in [0.2, 0.25) is 0 Å². The van der Waals surface area contributed by atoms with Gasteiger partial charge in [0, 0.05) is 6.04 Å². The van der Waals surface area contributed by atoms with Gasteiger partial charge in [-0.3, -0.25) is 0 Å². The molecular formula is C14H19F2NO2S. The molecule has 0 aromatic heterocycles. The Bertz CT molecular complexity index is 573. The Balaban J connectivity index is 2.39. The number of hydrogen-bond acceptors (Lipinski definition) is 3. The molecule has 3 nitrogen and oxygen atoms in total. The molecule has 0 heterocycles. The predicted molar refractivity (Wildman–Crippen MR) is 73.3 cm³/mol. The van der Waals surface area contributed by atoms with Crippen LogP contribution >= 0.6 is 0 Å². The lowest BCUT2D eigenvalue weighted by atomic mass is 9.95. The monoisotopic (exact) mass is 303 g/mol. The molecule has 0 spiro atoms. The summed E-state index contributed by atoms with van der Waals surface area (Å²) in [5.41, 5.74) is 0. The Morgan fingerprint density at radius 2 is 1.95 bits per heavy atom. The summed E-state index contributed by atoms with van der Waals surface area (Å²) in [5, 5.41) is 2.46. The van der Waals surface area contributed by atoms with Crippen molar-refractivity contribution in [2.45, 2.75) is 48.8 Å². The quantitative estimate of drug-likeness (QED) is 0.930. The van der Waals surface area contributed by atoms with Crippen LogP contribution in [0.1, 0.15) is 32.6 Å². The summed E-state index contributed by atoms with van der Waals surface area (Å²) >= 11 is 0. The van der Waals surface area contributed by atoms with Crippen molar-refractivity contribution in [3.05, 3.63) is 29.8 Å². The molecular weight excluding hydrogens is 284 g/mol. The molecule has 1 fully saturated rings. The molecule has 2 unspecified atom stereocenters. The van der Waals surface area contributed by atoms with Gasteiger partial charge in [-0.25, -0.2) is 17.2 Å². The zero-order valence-corrected chi connectivity index (χ0v) is 12.2. The molecule has 1 aromatic rings. The molecule has 1 aliphatic carbocycles. The van der Waals surface area contributed by atoms with E-state index in [0.29, 0.717) is 13.0 Å². The average molecular weight is 303 g/mol. The second-order valence-corrected chi connectivity index (χ2v) is 7.24. The van der Waals surface area contributed by atoms with Gasteiger partial charge >= 0.3 is 0 Å². The van der Waals surface area contributed by atoms with E-state index in [9.17, 15) is 17.2 Å². The number of halogens is 2. The SMILES string of the molecule is CCNC1CCCCC1S(=O)(=O)c1cc(F)ccc1F. The van der Waals surface area contributed by atoms with Gasteiger partial charge in [0.1, 0.15) is 16.5 Å². The normalized spacial score (nSPS) is 23.8. The van der Waals surface area contributed by atoms with Crippen molar-refractivity contribution in [2.75, 3.05) is 6.54 Å². The van der Waals surface area contributed by atoms with E-state index in [0.717, 1.165) is 37.5 Å². The maximum Gasteiger partial charge on any atom is 0.185 e. The van der Waals surface area contributed by atoms with Gasteiger partial charge in [-0.2, -0.15) is 0 Å². The summed E-state index contributed by atoms with van der Waals surface area (Å²) in [6.07, 6.45) is 2.97. The largest absolute Gasteiger partial charge is 0.313 e. The Morgan fingerprint density at radius 1 is 1.25 bits per heavy atom. The van der Waals surface area contributed by atoms with E-state index >= 15 is 0 Å². The summed E-state index contributed by atoms with van der Waals surface area (Å²) in [6, 6.07) is 2.38. The van der Waals surface area contributed by atoms with E-state index in [1.807, 2.05) is 6.92 Å². The Morgan fingerprint density at radius 3 is 2.65 bits per heavy atom. The number of sulfone groups is 1. The lowest BCUT2D eigenvalue weighted by Gasteiger charge is -2.31. The first kappa shape index (κ1) is 15.4. The second-order valence-electron chi connectivity index (χ2n) is 5.11. The molecule has 1 N–H and O–H groups in total. The maximum absolute atomic E-state index is 13.8. The van der Waals surface area contributed by atoms with Crippen LogP contribution < -0.4 is 5.32 Å². The minimum absolute atomic E-state index is 0.193. The topological polar surface area (TPSA) is 46.2 Å². The van der Waals surface area contributed by atoms with E-state index in [1.54, 1.807) is 0 Å². The number of rotatable bonds is 4. The first-order chi connectivity index (χ1) is 9.46. The minimum Gasteiger partial charge on any atom is -0.313 e. The van der Waals surface area contributed by atoms with Crippen LogP contribution in [0, 0.1) is 11.6 Å². The smallest absolute Gasteiger partial charge is 0.185 e. The summed E-state index contributed by atoms with van der Waals surface area (Å²) in [5.74, 6) is -1.62. The molecule has 0 radical (unpaired) electrons. The van der Waals surface area contributed by atoms with Crippen LogP contribution in [0.3, 0.4) is 0 Å². The van der Waals surface area contributed by atoms with Gasteiger partial charge < -0.3 is 5.32 Å². The lowest BCUT2D eigenvalue weighted by Crippen LogP contribution is -2.46. The number of nitrogens with one attached hydrogen (secondary N) is 1. The van der Waals surface area contributed by atoms with Gasteiger partial charge in [0.25, 0.3) is 0 Å². The first-order valence-corrected chi connectivity index (χ1v) is 8.43. The van der Waals surface area contributed by atoms with E-state index in [2.05, 4.69) is 5.32 Å². The van der Waals surface area contributed by atoms with Crippen molar-refractivity contribution in [1.82, 2.24) is 5.32 Å². The molecule has 1 aliphatic rings. The van der Waals surface area contributed by atoms with E-state index in [4.69, 9.17) is 0 Å². The zero-order valence-electron chi connectivity index (χ0n) is 11.4. The Hall–Kier alpha value is -1.01. The van der Waals surface area contributed by atoms with Crippen LogP contribution in [0.5, 0.6) is 0 Å². The van der Waals surface area contributed by atoms with Crippen LogP contribution in [-0.2, 0) is 9.84 Å². The summed E-state index contributed by atoms with van der Waals surface area (Å²) in [6.45, 7) is 2.56. The fraction of sp³-hybridized carbons (Fsp3) is 0.571. The number of hydrogen-bond donors (Lipinski definition) is 1. The minimum atomic E-state index is -3.86. The Labute approximate surface area is 118 Å². The zero-order chi connectivity index (χ0) is 14.8. The molecule has 2 atom stereocenters. The van der Waals surface area contributed by atoms with Crippen molar-refractivity contribution in [2.24, 2.45) is 0 Å². The van der Waals surface area contributed by atoms with E-state index in [1.165, 1.54) is 0 Å². The highest BCUT2D eigenvalue weighted by molar-refractivity contribution is 7.92. The van der Waals surface area contributed by atoms with Crippen molar-refractivity contribution < 1.29 is 17.2 Å². The highest BCUT2D eigenvalue weighted by atomic mass is 32.2. The molecule has 0 bridgehead atoms. The molecule has 1 saturated carbocycles. The second kappa shape index (κ2) is 6.18. The fourth-order valence-electron chi connectivity index (χ4n) is 2.82. The number of benzene rings is 1. The molecule has 6 heteroatoms. The van der Waals surface area contributed by atoms with Gasteiger partial charge in [-0.15, -0.1) is 0 Å². The molecule has 0 saturated heterocycles. The highest BCUT2D eigenvalue weighted by Crippen LogP contribution is 2.30. The van der Waals surface area contributed by atoms with Crippen LogP contribution in [0.4, 0.5) is 8.78 Å². The summed E-state index contributed by atoms with van der Waals surface area (Å²) < 4.78 is 52.2. The van der Waals surface area contributed by atoms with Crippen molar-refractivity contribution in [1.29, 1.82) is 0 Å². The van der Waals surface area contributed by atoms with Crippen LogP contribution in [0.2, 0.25) is 0 Å². The summed E-state index contributed by atoms with van der Waals surface area (Å²) in [4.78, 5) is -0.521. The maximum atomic E-state index is 13.8. The van der Waals surface area contributed by atoms with E-state index < -0.39 is 31.6 Å². The molecule has 112 valence electrons. The van der Waals surface area contributed by atoms with Crippen LogP contribution in [0.15, 0.2) is 23.1 Å². The average Bonchev–Trinajstić information content (AvgIpc) is 2.42.